The molecule has 0 aliphatic rings. The van der Waals surface area contributed by atoms with Crippen LogP contribution in [0, 0.1) is 0 Å². The number of thiazole rings is 1. The molecule has 1 N–H and O–H groups in total. The lowest BCUT2D eigenvalue weighted by Gasteiger charge is -1.97. The molecule has 0 saturated heterocycles. The zero-order valence-electron chi connectivity index (χ0n) is 9.03. The molecule has 1 aromatic heterocycles. The SMILES string of the molecule is CCNCc1csc(-c2ccc(Cl)cc2)n1. The predicted octanol–water partition coefficient (Wildman–Crippen LogP) is 3.57. The van der Waals surface area contributed by atoms with Gasteiger partial charge < -0.3 is 5.32 Å². The summed E-state index contributed by atoms with van der Waals surface area (Å²) in [6.07, 6.45) is 0. The van der Waals surface area contributed by atoms with E-state index >= 15 is 0 Å². The second-order valence-electron chi connectivity index (χ2n) is 3.43. The number of halogens is 1. The van der Waals surface area contributed by atoms with Gasteiger partial charge in [0.1, 0.15) is 5.01 Å². The van der Waals surface area contributed by atoms with Crippen molar-refractivity contribution in [2.75, 3.05) is 6.54 Å². The van der Waals surface area contributed by atoms with Crippen LogP contribution in [0.3, 0.4) is 0 Å². The quantitative estimate of drug-likeness (QED) is 0.900. The number of nitrogens with one attached hydrogen (secondary N) is 1. The molecule has 0 radical (unpaired) electrons. The monoisotopic (exact) mass is 252 g/mol. The topological polar surface area (TPSA) is 24.9 Å². The largest absolute Gasteiger partial charge is 0.311 e. The van der Waals surface area contributed by atoms with Gasteiger partial charge in [0.25, 0.3) is 0 Å². The normalized spacial score (nSPS) is 10.6. The van der Waals surface area contributed by atoms with E-state index in [4.69, 9.17) is 11.6 Å². The van der Waals surface area contributed by atoms with E-state index < -0.39 is 0 Å². The molecular formula is C12H13ClN2S. The van der Waals surface area contributed by atoms with Gasteiger partial charge in [-0.1, -0.05) is 30.7 Å². The van der Waals surface area contributed by atoms with Crippen LogP contribution in [0.2, 0.25) is 5.02 Å². The summed E-state index contributed by atoms with van der Waals surface area (Å²) in [5.41, 5.74) is 2.22. The predicted molar refractivity (Wildman–Crippen MR) is 69.9 cm³/mol. The fraction of sp³-hybridized carbons (Fsp3) is 0.250. The summed E-state index contributed by atoms with van der Waals surface area (Å²) in [5.74, 6) is 0. The van der Waals surface area contributed by atoms with Crippen LogP contribution in [0.25, 0.3) is 10.6 Å². The zero-order valence-corrected chi connectivity index (χ0v) is 10.6. The average molecular weight is 253 g/mol. The molecule has 0 aliphatic carbocycles. The molecule has 0 amide bonds. The van der Waals surface area contributed by atoms with E-state index in [1.54, 1.807) is 11.3 Å². The maximum atomic E-state index is 5.85. The summed E-state index contributed by atoms with van der Waals surface area (Å²) >= 11 is 7.51. The highest BCUT2D eigenvalue weighted by Gasteiger charge is 2.03. The fourth-order valence-electron chi connectivity index (χ4n) is 1.37. The Morgan fingerprint density at radius 1 is 1.31 bits per heavy atom. The summed E-state index contributed by atoms with van der Waals surface area (Å²) in [6.45, 7) is 3.89. The van der Waals surface area contributed by atoms with Crippen LogP contribution in [0.1, 0.15) is 12.6 Å². The van der Waals surface area contributed by atoms with Crippen molar-refractivity contribution >= 4 is 22.9 Å². The summed E-state index contributed by atoms with van der Waals surface area (Å²) in [7, 11) is 0. The van der Waals surface area contributed by atoms with E-state index in [1.807, 2.05) is 24.3 Å². The molecule has 0 fully saturated rings. The molecule has 1 aromatic carbocycles. The molecular weight excluding hydrogens is 240 g/mol. The number of aromatic nitrogens is 1. The molecule has 2 nitrogen and oxygen atoms in total. The molecule has 16 heavy (non-hydrogen) atoms. The standard InChI is InChI=1S/C12H13ClN2S/c1-2-14-7-11-8-16-12(15-11)9-3-5-10(13)6-4-9/h3-6,8,14H,2,7H2,1H3. The lowest BCUT2D eigenvalue weighted by atomic mass is 10.2. The smallest absolute Gasteiger partial charge is 0.123 e. The molecule has 84 valence electrons. The second-order valence-corrected chi connectivity index (χ2v) is 4.73. The van der Waals surface area contributed by atoms with Gasteiger partial charge in [0.2, 0.25) is 0 Å². The van der Waals surface area contributed by atoms with Crippen molar-refractivity contribution in [3.05, 3.63) is 40.4 Å². The van der Waals surface area contributed by atoms with Gasteiger partial charge in [-0.25, -0.2) is 4.98 Å². The highest BCUT2D eigenvalue weighted by atomic mass is 35.5. The van der Waals surface area contributed by atoms with E-state index in [-0.39, 0.29) is 0 Å². The maximum Gasteiger partial charge on any atom is 0.123 e. The van der Waals surface area contributed by atoms with Gasteiger partial charge in [-0.2, -0.15) is 0 Å². The van der Waals surface area contributed by atoms with Gasteiger partial charge >= 0.3 is 0 Å². The highest BCUT2D eigenvalue weighted by Crippen LogP contribution is 2.24. The van der Waals surface area contributed by atoms with E-state index in [2.05, 4.69) is 22.6 Å². The summed E-state index contributed by atoms with van der Waals surface area (Å²) in [4.78, 5) is 4.56. The van der Waals surface area contributed by atoms with E-state index in [0.717, 1.165) is 34.4 Å². The zero-order chi connectivity index (χ0) is 11.4. The van der Waals surface area contributed by atoms with Crippen molar-refractivity contribution in [3.63, 3.8) is 0 Å². The molecule has 0 spiro atoms. The molecule has 0 saturated carbocycles. The van der Waals surface area contributed by atoms with E-state index in [0.29, 0.717) is 0 Å². The summed E-state index contributed by atoms with van der Waals surface area (Å²) in [6, 6.07) is 7.78. The van der Waals surface area contributed by atoms with Gasteiger partial charge in [0, 0.05) is 22.5 Å². The molecule has 2 aromatic rings. The van der Waals surface area contributed by atoms with E-state index in [1.165, 1.54) is 0 Å². The molecule has 0 bridgehead atoms. The van der Waals surface area contributed by atoms with Crippen LogP contribution in [0.4, 0.5) is 0 Å². The average Bonchev–Trinajstić information content (AvgIpc) is 2.76. The van der Waals surface area contributed by atoms with Crippen molar-refractivity contribution in [1.82, 2.24) is 10.3 Å². The third-order valence-corrected chi connectivity index (χ3v) is 3.39. The minimum Gasteiger partial charge on any atom is -0.311 e. The van der Waals surface area contributed by atoms with Crippen LogP contribution in [0.5, 0.6) is 0 Å². The fourth-order valence-corrected chi connectivity index (χ4v) is 2.32. The number of nitrogens with zero attached hydrogens (tertiary/aromatic N) is 1. The van der Waals surface area contributed by atoms with Crippen LogP contribution < -0.4 is 5.32 Å². The Hall–Kier alpha value is -0.900. The third kappa shape index (κ3) is 2.82. The number of benzene rings is 1. The van der Waals surface area contributed by atoms with Crippen molar-refractivity contribution in [1.29, 1.82) is 0 Å². The summed E-state index contributed by atoms with van der Waals surface area (Å²) in [5, 5.41) is 7.15. The first kappa shape index (κ1) is 11.6. The summed E-state index contributed by atoms with van der Waals surface area (Å²) < 4.78 is 0. The lowest BCUT2D eigenvalue weighted by molar-refractivity contribution is 0.715. The van der Waals surface area contributed by atoms with Crippen LogP contribution >= 0.6 is 22.9 Å². The van der Waals surface area contributed by atoms with E-state index in [9.17, 15) is 0 Å². The van der Waals surface area contributed by atoms with Crippen molar-refractivity contribution < 1.29 is 0 Å². The third-order valence-electron chi connectivity index (χ3n) is 2.20. The van der Waals surface area contributed by atoms with Gasteiger partial charge in [-0.15, -0.1) is 11.3 Å². The second kappa shape index (κ2) is 5.43. The first-order valence-corrected chi connectivity index (χ1v) is 6.46. The molecule has 1 heterocycles. The number of rotatable bonds is 4. The Bertz CT molecular complexity index is 450. The minimum absolute atomic E-state index is 0.758. The lowest BCUT2D eigenvalue weighted by Crippen LogP contribution is -2.11. The molecule has 4 heteroatoms. The Balaban J connectivity index is 2.15. The van der Waals surface area contributed by atoms with Gasteiger partial charge in [0.15, 0.2) is 0 Å². The Morgan fingerprint density at radius 2 is 2.06 bits per heavy atom. The number of hydrogen-bond donors (Lipinski definition) is 1. The molecule has 0 aliphatic heterocycles. The first-order chi connectivity index (χ1) is 7.79. The van der Waals surface area contributed by atoms with Crippen LogP contribution in [-0.2, 0) is 6.54 Å². The molecule has 0 atom stereocenters. The van der Waals surface area contributed by atoms with Crippen LogP contribution in [-0.4, -0.2) is 11.5 Å². The number of hydrogen-bond acceptors (Lipinski definition) is 3. The van der Waals surface area contributed by atoms with Gasteiger partial charge in [0.05, 0.1) is 5.69 Å². The van der Waals surface area contributed by atoms with Gasteiger partial charge in [-0.05, 0) is 18.7 Å². The van der Waals surface area contributed by atoms with Crippen molar-refractivity contribution in [2.24, 2.45) is 0 Å². The van der Waals surface area contributed by atoms with Crippen molar-refractivity contribution in [3.8, 4) is 10.6 Å². The molecule has 2 rings (SSSR count). The highest BCUT2D eigenvalue weighted by molar-refractivity contribution is 7.13. The van der Waals surface area contributed by atoms with Crippen LogP contribution in [0.15, 0.2) is 29.6 Å². The molecule has 0 unspecified atom stereocenters. The first-order valence-electron chi connectivity index (χ1n) is 5.20. The Kier molecular flexibility index (Phi) is 3.93. The Labute approximate surface area is 104 Å². The van der Waals surface area contributed by atoms with Gasteiger partial charge in [-0.3, -0.25) is 0 Å². The Morgan fingerprint density at radius 3 is 2.75 bits per heavy atom. The maximum absolute atomic E-state index is 5.85. The van der Waals surface area contributed by atoms with Crippen molar-refractivity contribution in [2.45, 2.75) is 13.5 Å². The minimum atomic E-state index is 0.758.